The van der Waals surface area contributed by atoms with Crippen molar-refractivity contribution in [2.24, 2.45) is 5.10 Å². The summed E-state index contributed by atoms with van der Waals surface area (Å²) in [6.07, 6.45) is 1.09. The quantitative estimate of drug-likeness (QED) is 0.613. The highest BCUT2D eigenvalue weighted by atomic mass is 79.9. The fraction of sp³-hybridized carbons (Fsp3) is 0.100. The molecule has 0 bridgehead atoms. The standard InChI is InChI=1S/C10H6Br2N4O2S/c1-19(17,18)7-2-8(11)10(9(12)3-7)16-15-6(4-13)5-14/h2-3,16H,1H3. The maximum absolute atomic E-state index is 11.4. The average Bonchev–Trinajstić information content (AvgIpc) is 2.31. The minimum absolute atomic E-state index is 0.126. The van der Waals surface area contributed by atoms with Crippen LogP contribution in [0.1, 0.15) is 0 Å². The van der Waals surface area contributed by atoms with Gasteiger partial charge in [-0.3, -0.25) is 5.43 Å². The van der Waals surface area contributed by atoms with E-state index in [-0.39, 0.29) is 10.6 Å². The van der Waals surface area contributed by atoms with E-state index in [2.05, 4.69) is 42.4 Å². The lowest BCUT2D eigenvalue weighted by molar-refractivity contribution is 0.602. The monoisotopic (exact) mass is 404 g/mol. The molecule has 1 aromatic rings. The molecule has 0 radical (unpaired) electrons. The zero-order valence-corrected chi connectivity index (χ0v) is 13.5. The first-order valence-electron chi connectivity index (χ1n) is 4.62. The van der Waals surface area contributed by atoms with Gasteiger partial charge in [0.1, 0.15) is 12.1 Å². The predicted octanol–water partition coefficient (Wildman–Crippen LogP) is 2.43. The van der Waals surface area contributed by atoms with Crippen LogP contribution >= 0.6 is 31.9 Å². The van der Waals surface area contributed by atoms with Gasteiger partial charge in [-0.1, -0.05) is 0 Å². The summed E-state index contributed by atoms with van der Waals surface area (Å²) < 4.78 is 23.7. The molecule has 0 aliphatic carbocycles. The molecule has 0 aromatic heterocycles. The van der Waals surface area contributed by atoms with Crippen LogP contribution in [0.2, 0.25) is 0 Å². The van der Waals surface area contributed by atoms with Gasteiger partial charge in [0.05, 0.1) is 10.6 Å². The first-order valence-corrected chi connectivity index (χ1v) is 8.10. The summed E-state index contributed by atoms with van der Waals surface area (Å²) >= 11 is 6.38. The normalized spacial score (nSPS) is 10.2. The molecule has 0 amide bonds. The number of anilines is 1. The second-order valence-electron chi connectivity index (χ2n) is 3.33. The number of nitrogens with one attached hydrogen (secondary N) is 1. The van der Waals surface area contributed by atoms with E-state index in [1.807, 2.05) is 0 Å². The first kappa shape index (κ1) is 15.6. The third-order valence-electron chi connectivity index (χ3n) is 1.94. The van der Waals surface area contributed by atoms with Crippen molar-refractivity contribution in [2.45, 2.75) is 4.90 Å². The van der Waals surface area contributed by atoms with Crippen molar-refractivity contribution < 1.29 is 8.42 Å². The Morgan fingerprint density at radius 1 is 1.26 bits per heavy atom. The van der Waals surface area contributed by atoms with Crippen LogP contribution in [-0.2, 0) is 9.84 Å². The Morgan fingerprint density at radius 3 is 2.11 bits per heavy atom. The molecule has 0 fully saturated rings. The van der Waals surface area contributed by atoms with Gasteiger partial charge >= 0.3 is 0 Å². The van der Waals surface area contributed by atoms with Crippen LogP contribution in [0.15, 0.2) is 31.1 Å². The van der Waals surface area contributed by atoms with E-state index in [4.69, 9.17) is 10.5 Å². The molecule has 1 aromatic carbocycles. The van der Waals surface area contributed by atoms with Crippen LogP contribution < -0.4 is 5.43 Å². The van der Waals surface area contributed by atoms with Gasteiger partial charge in [-0.2, -0.15) is 15.6 Å². The molecular formula is C10H6Br2N4O2S. The number of nitrogens with zero attached hydrogens (tertiary/aromatic N) is 3. The third-order valence-corrected chi connectivity index (χ3v) is 4.28. The second-order valence-corrected chi connectivity index (χ2v) is 7.05. The second kappa shape index (κ2) is 6.15. The molecule has 0 atom stereocenters. The molecule has 98 valence electrons. The van der Waals surface area contributed by atoms with E-state index in [9.17, 15) is 8.42 Å². The Balaban J connectivity index is 3.24. The molecule has 9 heteroatoms. The predicted molar refractivity (Wildman–Crippen MR) is 77.2 cm³/mol. The summed E-state index contributed by atoms with van der Waals surface area (Å²) in [5.74, 6) is 0. The van der Waals surface area contributed by atoms with E-state index in [0.29, 0.717) is 14.6 Å². The molecular weight excluding hydrogens is 400 g/mol. The molecule has 19 heavy (non-hydrogen) atoms. The zero-order chi connectivity index (χ0) is 14.6. The molecule has 0 saturated heterocycles. The minimum Gasteiger partial charge on any atom is -0.274 e. The van der Waals surface area contributed by atoms with Crippen LogP contribution in [0.25, 0.3) is 0 Å². The molecule has 0 aliphatic heterocycles. The smallest absolute Gasteiger partial charge is 0.237 e. The molecule has 0 saturated carbocycles. The van der Waals surface area contributed by atoms with Crippen LogP contribution in [0.5, 0.6) is 0 Å². The number of sulfone groups is 1. The Bertz CT molecular complexity index is 690. The highest BCUT2D eigenvalue weighted by molar-refractivity contribution is 9.11. The van der Waals surface area contributed by atoms with E-state index < -0.39 is 9.84 Å². The Labute approximate surface area is 126 Å². The van der Waals surface area contributed by atoms with E-state index in [0.717, 1.165) is 6.26 Å². The first-order chi connectivity index (χ1) is 8.79. The minimum atomic E-state index is -3.33. The lowest BCUT2D eigenvalue weighted by Crippen LogP contribution is -2.01. The molecule has 0 unspecified atom stereocenters. The summed E-state index contributed by atoms with van der Waals surface area (Å²) in [4.78, 5) is 0.126. The van der Waals surface area contributed by atoms with Crippen LogP contribution in [0.3, 0.4) is 0 Å². The van der Waals surface area contributed by atoms with Gasteiger partial charge in [-0.15, -0.1) is 0 Å². The Morgan fingerprint density at radius 2 is 1.74 bits per heavy atom. The number of nitriles is 2. The van der Waals surface area contributed by atoms with Gasteiger partial charge < -0.3 is 0 Å². The van der Waals surface area contributed by atoms with Gasteiger partial charge in [0.25, 0.3) is 0 Å². The van der Waals surface area contributed by atoms with Gasteiger partial charge in [0, 0.05) is 15.2 Å². The maximum atomic E-state index is 11.4. The van der Waals surface area contributed by atoms with Gasteiger partial charge in [-0.05, 0) is 44.0 Å². The van der Waals surface area contributed by atoms with Crippen LogP contribution in [-0.4, -0.2) is 20.4 Å². The Kier molecular flexibility index (Phi) is 5.06. The van der Waals surface area contributed by atoms with Crippen molar-refractivity contribution in [3.63, 3.8) is 0 Å². The SMILES string of the molecule is CS(=O)(=O)c1cc(Br)c(NN=C(C#N)C#N)c(Br)c1. The van der Waals surface area contributed by atoms with Crippen molar-refractivity contribution in [1.29, 1.82) is 10.5 Å². The molecule has 6 nitrogen and oxygen atoms in total. The van der Waals surface area contributed by atoms with E-state index in [1.165, 1.54) is 12.1 Å². The highest BCUT2D eigenvalue weighted by Crippen LogP contribution is 2.33. The summed E-state index contributed by atoms with van der Waals surface area (Å²) in [6, 6.07) is 5.99. The van der Waals surface area contributed by atoms with Crippen LogP contribution in [0.4, 0.5) is 5.69 Å². The fourth-order valence-electron chi connectivity index (χ4n) is 1.06. The van der Waals surface area contributed by atoms with Crippen molar-refractivity contribution in [2.75, 3.05) is 11.7 Å². The molecule has 1 N–H and O–H groups in total. The lowest BCUT2D eigenvalue weighted by Gasteiger charge is -2.08. The van der Waals surface area contributed by atoms with Crippen molar-refractivity contribution >= 4 is 53.1 Å². The number of rotatable bonds is 3. The van der Waals surface area contributed by atoms with Crippen molar-refractivity contribution in [3.8, 4) is 12.1 Å². The van der Waals surface area contributed by atoms with E-state index in [1.54, 1.807) is 12.1 Å². The van der Waals surface area contributed by atoms with Crippen LogP contribution in [0, 0.1) is 22.7 Å². The third kappa shape index (κ3) is 4.03. The zero-order valence-electron chi connectivity index (χ0n) is 9.48. The number of hydrazone groups is 1. The summed E-state index contributed by atoms with van der Waals surface area (Å²) in [7, 11) is -3.33. The number of hydrogen-bond acceptors (Lipinski definition) is 6. The largest absolute Gasteiger partial charge is 0.274 e. The van der Waals surface area contributed by atoms with E-state index >= 15 is 0 Å². The molecule has 1 rings (SSSR count). The van der Waals surface area contributed by atoms with Crippen molar-refractivity contribution in [1.82, 2.24) is 0 Å². The topological polar surface area (TPSA) is 106 Å². The molecule has 0 heterocycles. The molecule has 0 spiro atoms. The number of hydrogen-bond donors (Lipinski definition) is 1. The maximum Gasteiger partial charge on any atom is 0.237 e. The summed E-state index contributed by atoms with van der Waals surface area (Å²) in [5.41, 5.74) is 2.59. The Hall–Kier alpha value is -1.42. The number of benzene rings is 1. The lowest BCUT2D eigenvalue weighted by atomic mass is 10.3. The number of halogens is 2. The average molecular weight is 406 g/mol. The van der Waals surface area contributed by atoms with Gasteiger partial charge in [0.2, 0.25) is 5.71 Å². The summed E-state index contributed by atoms with van der Waals surface area (Å²) in [6.45, 7) is 0. The summed E-state index contributed by atoms with van der Waals surface area (Å²) in [5, 5.41) is 20.7. The van der Waals surface area contributed by atoms with Gasteiger partial charge in [-0.25, -0.2) is 8.42 Å². The van der Waals surface area contributed by atoms with Gasteiger partial charge in [0.15, 0.2) is 9.84 Å². The highest BCUT2D eigenvalue weighted by Gasteiger charge is 2.13. The molecule has 0 aliphatic rings. The van der Waals surface area contributed by atoms with Crippen molar-refractivity contribution in [3.05, 3.63) is 21.1 Å². The fourth-order valence-corrected chi connectivity index (χ4v) is 3.39.